The molecule has 16 heavy (non-hydrogen) atoms. The van der Waals surface area contributed by atoms with Crippen molar-refractivity contribution in [1.29, 1.82) is 0 Å². The highest BCUT2D eigenvalue weighted by atomic mass is 16.5. The van der Waals surface area contributed by atoms with Gasteiger partial charge in [0.2, 0.25) is 0 Å². The minimum Gasteiger partial charge on any atom is -0.495 e. The van der Waals surface area contributed by atoms with Gasteiger partial charge in [-0.1, -0.05) is 23.8 Å². The second-order valence-electron chi connectivity index (χ2n) is 4.25. The lowest BCUT2D eigenvalue weighted by atomic mass is 10.2. The first kappa shape index (κ1) is 11.1. The molecule has 2 heteroatoms. The van der Waals surface area contributed by atoms with Crippen LogP contribution in [0, 0.1) is 0 Å². The number of ether oxygens (including phenoxy) is 1. The van der Waals surface area contributed by atoms with Gasteiger partial charge in [0, 0.05) is 13.1 Å². The highest BCUT2D eigenvalue weighted by Crippen LogP contribution is 2.29. The number of rotatable bonds is 2. The average Bonchev–Trinajstić information content (AvgIpc) is 2.54. The highest BCUT2D eigenvalue weighted by molar-refractivity contribution is 5.58. The van der Waals surface area contributed by atoms with Crippen molar-refractivity contribution in [1.82, 2.24) is 0 Å². The minimum absolute atomic E-state index is 0.974. The summed E-state index contributed by atoms with van der Waals surface area (Å²) < 4.78 is 5.41. The van der Waals surface area contributed by atoms with Gasteiger partial charge in [-0.15, -0.1) is 0 Å². The van der Waals surface area contributed by atoms with Gasteiger partial charge in [-0.25, -0.2) is 0 Å². The number of methoxy groups -OCH3 is 1. The Morgan fingerprint density at radius 3 is 2.81 bits per heavy atom. The second kappa shape index (κ2) is 5.06. The lowest BCUT2D eigenvalue weighted by Gasteiger charge is -2.24. The first-order chi connectivity index (χ1) is 7.81. The van der Waals surface area contributed by atoms with Crippen molar-refractivity contribution in [2.24, 2.45) is 0 Å². The fourth-order valence-electron chi connectivity index (χ4n) is 2.12. The maximum Gasteiger partial charge on any atom is 0.142 e. The largest absolute Gasteiger partial charge is 0.495 e. The Labute approximate surface area is 97.5 Å². The maximum atomic E-state index is 5.41. The van der Waals surface area contributed by atoms with Gasteiger partial charge >= 0.3 is 0 Å². The third-order valence-corrected chi connectivity index (χ3v) is 3.09. The highest BCUT2D eigenvalue weighted by Gasteiger charge is 2.12. The smallest absolute Gasteiger partial charge is 0.142 e. The zero-order chi connectivity index (χ0) is 11.4. The zero-order valence-corrected chi connectivity index (χ0v) is 10.1. The molecule has 2 rings (SSSR count). The molecule has 0 unspecified atom stereocenters. The maximum absolute atomic E-state index is 5.41. The first-order valence-electron chi connectivity index (χ1n) is 5.85. The molecule has 0 aromatic heterocycles. The fraction of sp³-hybridized carbons (Fsp3) is 0.429. The Morgan fingerprint density at radius 1 is 1.19 bits per heavy atom. The lowest BCUT2D eigenvalue weighted by molar-refractivity contribution is 0.414. The number of anilines is 1. The van der Waals surface area contributed by atoms with Gasteiger partial charge in [0.05, 0.1) is 12.8 Å². The third kappa shape index (κ3) is 2.38. The number of hydrogen-bond acceptors (Lipinski definition) is 2. The number of nitrogens with zero attached hydrogens (tertiary/aromatic N) is 1. The summed E-state index contributed by atoms with van der Waals surface area (Å²) >= 11 is 0. The van der Waals surface area contributed by atoms with Crippen LogP contribution in [0.3, 0.4) is 0 Å². The van der Waals surface area contributed by atoms with Gasteiger partial charge in [0.1, 0.15) is 5.75 Å². The van der Waals surface area contributed by atoms with Crippen molar-refractivity contribution in [3.63, 3.8) is 0 Å². The summed E-state index contributed by atoms with van der Waals surface area (Å²) in [7, 11) is 1.74. The van der Waals surface area contributed by atoms with E-state index in [1.54, 1.807) is 7.11 Å². The molecule has 0 atom stereocenters. The van der Waals surface area contributed by atoms with Gasteiger partial charge in [-0.05, 0) is 31.9 Å². The molecule has 1 aliphatic rings. The van der Waals surface area contributed by atoms with Gasteiger partial charge in [0.15, 0.2) is 0 Å². The predicted molar refractivity (Wildman–Crippen MR) is 68.2 cm³/mol. The zero-order valence-electron chi connectivity index (χ0n) is 10.1. The summed E-state index contributed by atoms with van der Waals surface area (Å²) in [5.41, 5.74) is 2.71. The van der Waals surface area contributed by atoms with Crippen molar-refractivity contribution >= 4 is 5.69 Å². The van der Waals surface area contributed by atoms with Crippen LogP contribution in [0.4, 0.5) is 5.69 Å². The molecule has 0 N–H and O–H groups in total. The molecule has 0 amide bonds. The van der Waals surface area contributed by atoms with Crippen LogP contribution in [-0.2, 0) is 0 Å². The monoisotopic (exact) mass is 217 g/mol. The van der Waals surface area contributed by atoms with Gasteiger partial charge < -0.3 is 9.64 Å². The molecule has 0 aliphatic carbocycles. The molecule has 0 fully saturated rings. The molecule has 1 aromatic rings. The molecule has 0 spiro atoms. The Balaban J connectivity index is 2.18. The van der Waals surface area contributed by atoms with Crippen LogP contribution in [0.25, 0.3) is 0 Å². The number of benzene rings is 1. The predicted octanol–water partition coefficient (Wildman–Crippen LogP) is 3.24. The molecule has 1 aromatic carbocycles. The van der Waals surface area contributed by atoms with E-state index >= 15 is 0 Å². The molecule has 1 heterocycles. The van der Waals surface area contributed by atoms with E-state index in [0.717, 1.165) is 31.7 Å². The fourth-order valence-corrected chi connectivity index (χ4v) is 2.12. The molecule has 86 valence electrons. The summed E-state index contributed by atoms with van der Waals surface area (Å²) in [5, 5.41) is 0. The van der Waals surface area contributed by atoms with Crippen molar-refractivity contribution in [3.05, 3.63) is 35.9 Å². The van der Waals surface area contributed by atoms with Crippen LogP contribution in [0.2, 0.25) is 0 Å². The van der Waals surface area contributed by atoms with E-state index in [1.807, 2.05) is 12.1 Å². The van der Waals surface area contributed by atoms with Crippen LogP contribution >= 0.6 is 0 Å². The molecule has 0 saturated carbocycles. The molecule has 0 saturated heterocycles. The quantitative estimate of drug-likeness (QED) is 0.705. The van der Waals surface area contributed by atoms with E-state index in [-0.39, 0.29) is 0 Å². The third-order valence-electron chi connectivity index (χ3n) is 3.09. The molecule has 2 nitrogen and oxygen atoms in total. The Kier molecular flexibility index (Phi) is 3.50. The topological polar surface area (TPSA) is 12.5 Å². The minimum atomic E-state index is 0.974. The number of hydrogen-bond donors (Lipinski definition) is 0. The van der Waals surface area contributed by atoms with Crippen molar-refractivity contribution in [2.45, 2.75) is 19.8 Å². The van der Waals surface area contributed by atoms with Crippen molar-refractivity contribution in [2.75, 3.05) is 25.1 Å². The van der Waals surface area contributed by atoms with Gasteiger partial charge in [-0.3, -0.25) is 0 Å². The average molecular weight is 217 g/mol. The van der Waals surface area contributed by atoms with Crippen LogP contribution < -0.4 is 9.64 Å². The van der Waals surface area contributed by atoms with Crippen LogP contribution in [-0.4, -0.2) is 20.2 Å². The second-order valence-corrected chi connectivity index (χ2v) is 4.25. The molecular weight excluding hydrogens is 198 g/mol. The van der Waals surface area contributed by atoms with Crippen LogP contribution in [0.15, 0.2) is 35.9 Å². The van der Waals surface area contributed by atoms with Gasteiger partial charge in [0.25, 0.3) is 0 Å². The molecule has 1 aliphatic heterocycles. The van der Waals surface area contributed by atoms with E-state index in [0.29, 0.717) is 0 Å². The molecule has 0 radical (unpaired) electrons. The Morgan fingerprint density at radius 2 is 2.00 bits per heavy atom. The van der Waals surface area contributed by atoms with Crippen molar-refractivity contribution in [3.8, 4) is 5.75 Å². The summed E-state index contributed by atoms with van der Waals surface area (Å²) in [4.78, 5) is 2.41. The van der Waals surface area contributed by atoms with E-state index < -0.39 is 0 Å². The van der Waals surface area contributed by atoms with Crippen LogP contribution in [0.1, 0.15) is 19.8 Å². The summed E-state index contributed by atoms with van der Waals surface area (Å²) in [6.45, 7) is 4.38. The van der Waals surface area contributed by atoms with Crippen molar-refractivity contribution < 1.29 is 4.74 Å². The van der Waals surface area contributed by atoms with E-state index in [9.17, 15) is 0 Å². The first-order valence-corrected chi connectivity index (χ1v) is 5.85. The van der Waals surface area contributed by atoms with Crippen LogP contribution in [0.5, 0.6) is 5.75 Å². The summed E-state index contributed by atoms with van der Waals surface area (Å²) in [6.07, 6.45) is 4.62. The van der Waals surface area contributed by atoms with E-state index in [1.165, 1.54) is 11.3 Å². The Hall–Kier alpha value is -1.44. The lowest BCUT2D eigenvalue weighted by Crippen LogP contribution is -2.24. The van der Waals surface area contributed by atoms with E-state index in [2.05, 4.69) is 30.0 Å². The summed E-state index contributed by atoms with van der Waals surface area (Å²) in [5.74, 6) is 0.974. The summed E-state index contributed by atoms with van der Waals surface area (Å²) in [6, 6.07) is 8.26. The normalized spacial score (nSPS) is 16.6. The van der Waals surface area contributed by atoms with Gasteiger partial charge in [-0.2, -0.15) is 0 Å². The molecule has 0 bridgehead atoms. The SMILES string of the molecule is COc1ccccc1N1CCC=C(C)CC1. The Bertz CT molecular complexity index is 384. The number of para-hydroxylation sites is 2. The standard InChI is InChI=1S/C14H19NO/c1-12-6-5-10-15(11-9-12)13-7-3-4-8-14(13)16-2/h3-4,6-8H,5,9-11H2,1-2H3. The molecular formula is C14H19NO. The van der Waals surface area contributed by atoms with E-state index in [4.69, 9.17) is 4.74 Å².